The highest BCUT2D eigenvalue weighted by Gasteiger charge is 2.15. The van der Waals surface area contributed by atoms with Gasteiger partial charge in [0.15, 0.2) is 22.0 Å². The molecule has 0 saturated heterocycles. The van der Waals surface area contributed by atoms with Crippen LogP contribution in [0, 0.1) is 0 Å². The standard InChI is InChI=1S/C35H33ClN2O8S/c36-28-14-16-29(17-15-28)47(42,43)20-4-5-24-11-18-31(44-23-33(39)40)27(21-24)6-3-19-37-34(41)26-12-9-25(10-13-26)22-45-35-38-30-7-1-2-8-32(30)46-35/h1-2,7-18,21H,3-6,19-20,22-23H2,(H,37,41)(H,39,40). The van der Waals surface area contributed by atoms with Gasteiger partial charge in [-0.15, -0.1) is 0 Å². The van der Waals surface area contributed by atoms with Crippen molar-refractivity contribution >= 4 is 44.4 Å². The molecule has 0 spiro atoms. The molecule has 0 fully saturated rings. The molecule has 12 heteroatoms. The van der Waals surface area contributed by atoms with Crippen LogP contribution in [0.2, 0.25) is 5.02 Å². The molecule has 5 rings (SSSR count). The number of sulfone groups is 1. The minimum Gasteiger partial charge on any atom is -0.482 e. The number of carboxylic acids is 1. The third-order valence-electron chi connectivity index (χ3n) is 7.29. The Morgan fingerprint density at radius 1 is 0.872 bits per heavy atom. The zero-order valence-electron chi connectivity index (χ0n) is 25.4. The molecule has 0 bridgehead atoms. The van der Waals surface area contributed by atoms with Crippen LogP contribution < -0.4 is 14.8 Å². The number of hydrogen-bond acceptors (Lipinski definition) is 8. The summed E-state index contributed by atoms with van der Waals surface area (Å²) in [5, 5.41) is 12.5. The van der Waals surface area contributed by atoms with Crippen LogP contribution in [0.15, 0.2) is 100 Å². The molecular formula is C35H33ClN2O8S. The monoisotopic (exact) mass is 676 g/mol. The molecule has 0 saturated carbocycles. The zero-order valence-corrected chi connectivity index (χ0v) is 26.9. The van der Waals surface area contributed by atoms with Crippen LogP contribution in [0.1, 0.15) is 39.9 Å². The minimum atomic E-state index is -3.46. The molecule has 1 aromatic heterocycles. The Morgan fingerprint density at radius 2 is 1.62 bits per heavy atom. The van der Waals surface area contributed by atoms with Crippen molar-refractivity contribution in [2.24, 2.45) is 0 Å². The van der Waals surface area contributed by atoms with E-state index in [0.29, 0.717) is 59.7 Å². The lowest BCUT2D eigenvalue weighted by Gasteiger charge is -2.13. The molecule has 244 valence electrons. The van der Waals surface area contributed by atoms with Crippen molar-refractivity contribution in [1.29, 1.82) is 0 Å². The van der Waals surface area contributed by atoms with Gasteiger partial charge in [0, 0.05) is 17.1 Å². The third kappa shape index (κ3) is 9.57. The number of amides is 1. The van der Waals surface area contributed by atoms with Gasteiger partial charge >= 0.3 is 12.0 Å². The molecule has 1 amide bonds. The molecule has 4 aromatic carbocycles. The molecule has 2 N–H and O–H groups in total. The molecule has 0 aliphatic rings. The first kappa shape index (κ1) is 33.5. The molecule has 1 heterocycles. The predicted molar refractivity (Wildman–Crippen MR) is 177 cm³/mol. The highest BCUT2D eigenvalue weighted by molar-refractivity contribution is 7.91. The van der Waals surface area contributed by atoms with Crippen molar-refractivity contribution in [2.45, 2.75) is 37.2 Å². The van der Waals surface area contributed by atoms with Gasteiger partial charge in [0.1, 0.15) is 17.9 Å². The van der Waals surface area contributed by atoms with Crippen LogP contribution in [-0.2, 0) is 34.1 Å². The largest absolute Gasteiger partial charge is 0.482 e. The van der Waals surface area contributed by atoms with Gasteiger partial charge in [-0.3, -0.25) is 4.79 Å². The van der Waals surface area contributed by atoms with Gasteiger partial charge < -0.3 is 24.3 Å². The number of rotatable bonds is 16. The topological polar surface area (TPSA) is 145 Å². The van der Waals surface area contributed by atoms with Crippen LogP contribution in [-0.4, -0.2) is 49.3 Å². The summed E-state index contributed by atoms with van der Waals surface area (Å²) in [6.45, 7) is 0.125. The summed E-state index contributed by atoms with van der Waals surface area (Å²) in [6.07, 6.45) is 2.17. The van der Waals surface area contributed by atoms with Crippen molar-refractivity contribution < 1.29 is 37.0 Å². The number of nitrogens with zero attached hydrogens (tertiary/aromatic N) is 1. The SMILES string of the molecule is O=C(O)COc1ccc(CCCS(=O)(=O)c2ccc(Cl)cc2)cc1CCCNC(=O)c1ccc(COc2nc3ccccc3o2)cc1. The molecular weight excluding hydrogens is 644 g/mol. The third-order valence-corrected chi connectivity index (χ3v) is 9.36. The zero-order chi connectivity index (χ0) is 33.2. The summed E-state index contributed by atoms with van der Waals surface area (Å²) < 4.78 is 42.1. The van der Waals surface area contributed by atoms with Gasteiger partial charge in [-0.05, 0) is 97.0 Å². The maximum atomic E-state index is 12.7. The van der Waals surface area contributed by atoms with Crippen LogP contribution >= 0.6 is 11.6 Å². The number of aromatic nitrogens is 1. The normalized spacial score (nSPS) is 11.3. The van der Waals surface area contributed by atoms with E-state index in [1.807, 2.05) is 30.3 Å². The van der Waals surface area contributed by atoms with E-state index in [2.05, 4.69) is 10.3 Å². The average Bonchev–Trinajstić information content (AvgIpc) is 3.49. The van der Waals surface area contributed by atoms with Crippen LogP contribution in [0.4, 0.5) is 0 Å². The van der Waals surface area contributed by atoms with E-state index in [1.165, 1.54) is 12.1 Å². The number of halogens is 1. The summed E-state index contributed by atoms with van der Waals surface area (Å²) in [5.41, 5.74) is 4.38. The van der Waals surface area contributed by atoms with Gasteiger partial charge in [-0.2, -0.15) is 4.98 Å². The van der Waals surface area contributed by atoms with Crippen LogP contribution in [0.25, 0.3) is 11.1 Å². The van der Waals surface area contributed by atoms with E-state index in [4.69, 9.17) is 30.6 Å². The van der Waals surface area contributed by atoms with Crippen molar-refractivity contribution in [2.75, 3.05) is 18.9 Å². The van der Waals surface area contributed by atoms with Crippen molar-refractivity contribution in [1.82, 2.24) is 10.3 Å². The van der Waals surface area contributed by atoms with Crippen LogP contribution in [0.3, 0.4) is 0 Å². The average molecular weight is 677 g/mol. The number of carbonyl (C=O) groups excluding carboxylic acids is 1. The second kappa shape index (κ2) is 15.6. The number of aliphatic carboxylic acids is 1. The first-order chi connectivity index (χ1) is 22.7. The quantitative estimate of drug-likeness (QED) is 0.115. The maximum Gasteiger partial charge on any atom is 0.394 e. The van der Waals surface area contributed by atoms with Gasteiger partial charge in [-0.1, -0.05) is 48.0 Å². The lowest BCUT2D eigenvalue weighted by molar-refractivity contribution is -0.139. The van der Waals surface area contributed by atoms with Crippen molar-refractivity contribution in [3.05, 3.63) is 118 Å². The Morgan fingerprint density at radius 3 is 2.36 bits per heavy atom. The van der Waals surface area contributed by atoms with E-state index in [9.17, 15) is 18.0 Å². The Bertz CT molecular complexity index is 1910. The number of carbonyl (C=O) groups is 2. The highest BCUT2D eigenvalue weighted by atomic mass is 35.5. The summed E-state index contributed by atoms with van der Waals surface area (Å²) in [4.78, 5) is 28.4. The lowest BCUT2D eigenvalue weighted by Crippen LogP contribution is -2.24. The van der Waals surface area contributed by atoms with E-state index in [0.717, 1.165) is 16.7 Å². The number of carboxylic acid groups (broad SMARTS) is 1. The summed E-state index contributed by atoms with van der Waals surface area (Å²) >= 11 is 5.88. The maximum absolute atomic E-state index is 12.7. The summed E-state index contributed by atoms with van der Waals surface area (Å²) in [5.74, 6) is -0.912. The fourth-order valence-corrected chi connectivity index (χ4v) is 6.32. The van der Waals surface area contributed by atoms with Gasteiger partial charge in [-0.25, -0.2) is 13.2 Å². The Labute approximate surface area is 277 Å². The van der Waals surface area contributed by atoms with E-state index in [1.54, 1.807) is 48.5 Å². The lowest BCUT2D eigenvalue weighted by atomic mass is 10.0. The molecule has 5 aromatic rings. The predicted octanol–water partition coefficient (Wildman–Crippen LogP) is 6.29. The smallest absolute Gasteiger partial charge is 0.394 e. The van der Waals surface area contributed by atoms with E-state index in [-0.39, 0.29) is 29.2 Å². The Hall–Kier alpha value is -4.87. The molecule has 0 radical (unpaired) electrons. The van der Waals surface area contributed by atoms with Crippen molar-refractivity contribution in [3.63, 3.8) is 0 Å². The number of nitrogens with one attached hydrogen (secondary N) is 1. The number of hydrogen-bond donors (Lipinski definition) is 2. The summed E-state index contributed by atoms with van der Waals surface area (Å²) in [7, 11) is -3.46. The molecule has 10 nitrogen and oxygen atoms in total. The number of benzene rings is 4. The molecule has 47 heavy (non-hydrogen) atoms. The fourth-order valence-electron chi connectivity index (χ4n) is 4.88. The first-order valence-electron chi connectivity index (χ1n) is 15.0. The summed E-state index contributed by atoms with van der Waals surface area (Å²) in [6, 6.07) is 25.9. The first-order valence-corrected chi connectivity index (χ1v) is 17.0. The van der Waals surface area contributed by atoms with Crippen LogP contribution in [0.5, 0.6) is 11.8 Å². The van der Waals surface area contributed by atoms with Gasteiger partial charge in [0.05, 0.1) is 10.6 Å². The van der Waals surface area contributed by atoms with E-state index < -0.39 is 22.4 Å². The number of aryl methyl sites for hydroxylation is 2. The molecule has 0 aliphatic carbocycles. The fraction of sp³-hybridized carbons (Fsp3) is 0.229. The number of oxazole rings is 1. The number of fused-ring (bicyclic) bond motifs is 1. The van der Waals surface area contributed by atoms with Gasteiger partial charge in [0.25, 0.3) is 5.91 Å². The van der Waals surface area contributed by atoms with E-state index >= 15 is 0 Å². The minimum absolute atomic E-state index is 0.0280. The van der Waals surface area contributed by atoms with Gasteiger partial charge in [0.2, 0.25) is 0 Å². The molecule has 0 aliphatic heterocycles. The second-order valence-electron chi connectivity index (χ2n) is 10.8. The highest BCUT2D eigenvalue weighted by Crippen LogP contribution is 2.24. The number of ether oxygens (including phenoxy) is 2. The molecule has 0 atom stereocenters. The van der Waals surface area contributed by atoms with Crippen molar-refractivity contribution in [3.8, 4) is 11.8 Å². The molecule has 0 unspecified atom stereocenters. The Kier molecular flexibility index (Phi) is 11.1. The Balaban J connectivity index is 1.11. The second-order valence-corrected chi connectivity index (χ2v) is 13.3. The number of para-hydroxylation sites is 2.